The Morgan fingerprint density at radius 1 is 1.45 bits per heavy atom. The van der Waals surface area contributed by atoms with Crippen molar-refractivity contribution in [2.75, 3.05) is 33.1 Å². The topological polar surface area (TPSA) is 37.4 Å². The van der Waals surface area contributed by atoms with Crippen molar-refractivity contribution < 1.29 is 4.74 Å². The Morgan fingerprint density at radius 3 is 2.85 bits per heavy atom. The van der Waals surface area contributed by atoms with Gasteiger partial charge in [0.25, 0.3) is 0 Å². The molecule has 0 saturated carbocycles. The highest BCUT2D eigenvalue weighted by atomic mass is 79.9. The molecule has 1 N–H and O–H groups in total. The molecule has 0 spiro atoms. The second-order valence-corrected chi connectivity index (χ2v) is 6.28. The number of hydrogen-bond donors (Lipinski definition) is 1. The molecule has 4 nitrogen and oxygen atoms in total. The molecule has 108 valence electrons. The maximum atomic E-state index is 5.30. The van der Waals surface area contributed by atoms with Crippen LogP contribution in [0.15, 0.2) is 34.2 Å². The van der Waals surface area contributed by atoms with E-state index in [-0.39, 0.29) is 6.04 Å². The number of thiazole rings is 1. The minimum atomic E-state index is 0.257. The predicted octanol–water partition coefficient (Wildman–Crippen LogP) is 3.63. The summed E-state index contributed by atoms with van der Waals surface area (Å²) in [6.07, 6.45) is 0. The quantitative estimate of drug-likeness (QED) is 0.858. The zero-order valence-corrected chi connectivity index (χ0v) is 14.2. The molecule has 1 atom stereocenters. The first kappa shape index (κ1) is 15.3. The largest absolute Gasteiger partial charge is 0.497 e. The van der Waals surface area contributed by atoms with Crippen molar-refractivity contribution in [3.8, 4) is 5.75 Å². The van der Waals surface area contributed by atoms with Gasteiger partial charge in [-0.05, 0) is 47.7 Å². The van der Waals surface area contributed by atoms with Gasteiger partial charge in [0.15, 0.2) is 5.13 Å². The second kappa shape index (κ2) is 7.06. The molecule has 1 aromatic carbocycles. The minimum absolute atomic E-state index is 0.257. The number of benzene rings is 1. The highest BCUT2D eigenvalue weighted by Gasteiger charge is 2.15. The third-order valence-electron chi connectivity index (χ3n) is 3.02. The van der Waals surface area contributed by atoms with Gasteiger partial charge in [0.05, 0.1) is 13.2 Å². The van der Waals surface area contributed by atoms with E-state index in [0.717, 1.165) is 22.0 Å². The summed E-state index contributed by atoms with van der Waals surface area (Å²) < 4.78 is 6.16. The maximum absolute atomic E-state index is 5.30. The molecule has 0 amide bonds. The molecule has 2 rings (SSSR count). The van der Waals surface area contributed by atoms with Crippen LogP contribution in [0.5, 0.6) is 5.75 Å². The summed E-state index contributed by atoms with van der Waals surface area (Å²) in [5, 5.41) is 6.27. The number of likely N-dealkylation sites (N-methyl/N-ethyl adjacent to an activating group) is 1. The van der Waals surface area contributed by atoms with Crippen molar-refractivity contribution in [1.82, 2.24) is 9.88 Å². The number of rotatable bonds is 6. The third kappa shape index (κ3) is 3.94. The lowest BCUT2D eigenvalue weighted by molar-refractivity contribution is 0.310. The standard InChI is InChI=1S/C14H18BrN3OS/c1-18(2)12(8-16-14-17-13(15)9-20-14)10-5-4-6-11(7-10)19-3/h4-7,9,12H,8H2,1-3H3,(H,16,17). The van der Waals surface area contributed by atoms with E-state index in [1.165, 1.54) is 5.56 Å². The van der Waals surface area contributed by atoms with Crippen LogP contribution in [0.4, 0.5) is 5.13 Å². The second-order valence-electron chi connectivity index (χ2n) is 4.61. The van der Waals surface area contributed by atoms with E-state index in [0.29, 0.717) is 0 Å². The molecule has 0 bridgehead atoms. The van der Waals surface area contributed by atoms with E-state index in [2.05, 4.69) is 57.4 Å². The number of nitrogens with one attached hydrogen (secondary N) is 1. The highest BCUT2D eigenvalue weighted by Crippen LogP contribution is 2.25. The van der Waals surface area contributed by atoms with Crippen molar-refractivity contribution >= 4 is 32.4 Å². The van der Waals surface area contributed by atoms with Crippen LogP contribution in [-0.4, -0.2) is 37.6 Å². The van der Waals surface area contributed by atoms with Gasteiger partial charge in [-0.2, -0.15) is 0 Å². The molecule has 0 radical (unpaired) electrons. The first-order valence-corrected chi connectivity index (χ1v) is 7.92. The van der Waals surface area contributed by atoms with Gasteiger partial charge < -0.3 is 15.0 Å². The number of ether oxygens (including phenoxy) is 1. The number of nitrogens with zero attached hydrogens (tertiary/aromatic N) is 2. The van der Waals surface area contributed by atoms with E-state index < -0.39 is 0 Å². The molecule has 2 aromatic rings. The van der Waals surface area contributed by atoms with Gasteiger partial charge in [0, 0.05) is 11.9 Å². The zero-order valence-electron chi connectivity index (χ0n) is 11.8. The average Bonchev–Trinajstić information content (AvgIpc) is 2.84. The van der Waals surface area contributed by atoms with Gasteiger partial charge >= 0.3 is 0 Å². The van der Waals surface area contributed by atoms with Gasteiger partial charge in [-0.25, -0.2) is 4.98 Å². The van der Waals surface area contributed by atoms with Crippen LogP contribution in [0.2, 0.25) is 0 Å². The SMILES string of the molecule is COc1cccc(C(CNc2nc(Br)cs2)N(C)C)c1. The van der Waals surface area contributed by atoms with Gasteiger partial charge in [0.2, 0.25) is 0 Å². The molecular formula is C14H18BrN3OS. The highest BCUT2D eigenvalue weighted by molar-refractivity contribution is 9.10. The predicted molar refractivity (Wildman–Crippen MR) is 87.7 cm³/mol. The molecule has 1 aromatic heterocycles. The Bertz CT molecular complexity index is 559. The molecule has 0 fully saturated rings. The van der Waals surface area contributed by atoms with E-state index in [1.807, 2.05) is 17.5 Å². The summed E-state index contributed by atoms with van der Waals surface area (Å²) in [5.74, 6) is 0.881. The summed E-state index contributed by atoms with van der Waals surface area (Å²) in [5.41, 5.74) is 1.22. The average molecular weight is 356 g/mol. The van der Waals surface area contributed by atoms with Crippen LogP contribution in [0.25, 0.3) is 0 Å². The van der Waals surface area contributed by atoms with Crippen molar-refractivity contribution in [2.45, 2.75) is 6.04 Å². The van der Waals surface area contributed by atoms with Gasteiger partial charge in [-0.15, -0.1) is 11.3 Å². The lowest BCUT2D eigenvalue weighted by atomic mass is 10.1. The number of methoxy groups -OCH3 is 1. The number of anilines is 1. The summed E-state index contributed by atoms with van der Waals surface area (Å²) in [6, 6.07) is 8.43. The third-order valence-corrected chi connectivity index (χ3v) is 4.53. The fraction of sp³-hybridized carbons (Fsp3) is 0.357. The monoisotopic (exact) mass is 355 g/mol. The summed E-state index contributed by atoms with van der Waals surface area (Å²) >= 11 is 4.96. The molecule has 6 heteroatoms. The zero-order chi connectivity index (χ0) is 14.5. The van der Waals surface area contributed by atoms with Crippen molar-refractivity contribution in [2.24, 2.45) is 0 Å². The molecule has 1 heterocycles. The normalized spacial score (nSPS) is 12.4. The summed E-state index contributed by atoms with van der Waals surface area (Å²) in [6.45, 7) is 0.792. The lowest BCUT2D eigenvalue weighted by Crippen LogP contribution is -2.26. The lowest BCUT2D eigenvalue weighted by Gasteiger charge is -2.25. The number of aromatic nitrogens is 1. The van der Waals surface area contributed by atoms with E-state index in [4.69, 9.17) is 4.74 Å². The fourth-order valence-electron chi connectivity index (χ4n) is 1.97. The molecule has 0 aliphatic rings. The van der Waals surface area contributed by atoms with E-state index in [1.54, 1.807) is 18.4 Å². The van der Waals surface area contributed by atoms with Gasteiger partial charge in [-0.3, -0.25) is 0 Å². The van der Waals surface area contributed by atoms with E-state index in [9.17, 15) is 0 Å². The molecule has 20 heavy (non-hydrogen) atoms. The summed E-state index contributed by atoms with van der Waals surface area (Å²) in [4.78, 5) is 6.54. The minimum Gasteiger partial charge on any atom is -0.497 e. The van der Waals surface area contributed by atoms with Crippen molar-refractivity contribution in [3.05, 3.63) is 39.8 Å². The van der Waals surface area contributed by atoms with Crippen LogP contribution < -0.4 is 10.1 Å². The number of halogens is 1. The van der Waals surface area contributed by atoms with E-state index >= 15 is 0 Å². The van der Waals surface area contributed by atoms with Crippen LogP contribution in [-0.2, 0) is 0 Å². The molecule has 1 unspecified atom stereocenters. The number of hydrogen-bond acceptors (Lipinski definition) is 5. The van der Waals surface area contributed by atoms with Crippen LogP contribution in [0.1, 0.15) is 11.6 Å². The molecule has 0 saturated heterocycles. The molecular weight excluding hydrogens is 338 g/mol. The fourth-order valence-corrected chi connectivity index (χ4v) is 3.12. The Hall–Kier alpha value is -1.11. The Labute approximate surface area is 131 Å². The van der Waals surface area contributed by atoms with Crippen molar-refractivity contribution in [3.63, 3.8) is 0 Å². The van der Waals surface area contributed by atoms with Crippen LogP contribution in [0, 0.1) is 0 Å². The van der Waals surface area contributed by atoms with Crippen LogP contribution in [0.3, 0.4) is 0 Å². The van der Waals surface area contributed by atoms with Crippen molar-refractivity contribution in [1.29, 1.82) is 0 Å². The Morgan fingerprint density at radius 2 is 2.25 bits per heavy atom. The van der Waals surface area contributed by atoms with Crippen LogP contribution >= 0.6 is 27.3 Å². The van der Waals surface area contributed by atoms with Gasteiger partial charge in [0.1, 0.15) is 10.4 Å². The first-order valence-electron chi connectivity index (χ1n) is 6.25. The first-order chi connectivity index (χ1) is 9.60. The Balaban J connectivity index is 2.10. The molecule has 0 aliphatic heterocycles. The summed E-state index contributed by atoms with van der Waals surface area (Å²) in [7, 11) is 5.84. The van der Waals surface area contributed by atoms with Gasteiger partial charge in [-0.1, -0.05) is 12.1 Å². The maximum Gasteiger partial charge on any atom is 0.183 e. The molecule has 0 aliphatic carbocycles. The smallest absolute Gasteiger partial charge is 0.183 e. The Kier molecular flexibility index (Phi) is 5.39.